The van der Waals surface area contributed by atoms with Crippen LogP contribution >= 0.6 is 39.1 Å². The molecule has 0 unspecified atom stereocenters. The van der Waals surface area contributed by atoms with Crippen molar-refractivity contribution in [3.05, 3.63) is 158 Å². The second-order valence-electron chi connectivity index (χ2n) is 20.3. The average molecular weight is 1240 g/mol. The molecule has 0 radical (unpaired) electrons. The molecular weight excluding hydrogens is 1190 g/mol. The number of ether oxygens (including phenoxy) is 2. The van der Waals surface area contributed by atoms with Crippen molar-refractivity contribution < 1.29 is 46.8 Å². The summed E-state index contributed by atoms with van der Waals surface area (Å²) < 4.78 is 35.0. The first-order chi connectivity index (χ1) is 40.3. The molecule has 0 atom stereocenters. The Bertz CT molecular complexity index is 3690. The molecule has 3 saturated heterocycles. The molecular formula is C58H58BBrCl2N12O10. The fourth-order valence-corrected chi connectivity index (χ4v) is 9.26. The SMILES string of the molecule is CC1(C)OB(c2cc(Cl)c3oc(CNC(=O)/C=C/c4ccc(N)nc4)cc3c2)OC1(C)C.Nc1ccc(/C=C/C(=O)NCc2cc3cc(-c4ccc(C(=O)N5CCOCC5)nn4)cc(Cl)c3o2)cn1.O=C(c1ccc(Br)nn1)N1CCOCC1. The molecule has 4 amide bonds. The fraction of sp³-hybridized carbons (Fsp3) is 0.276. The minimum absolute atomic E-state index is 0.0849. The molecule has 9 heterocycles. The number of pyridine rings is 2. The van der Waals surface area contributed by atoms with Gasteiger partial charge >= 0.3 is 7.12 Å². The first kappa shape index (κ1) is 60.5. The molecule has 0 bridgehead atoms. The molecule has 0 spiro atoms. The van der Waals surface area contributed by atoms with Crippen molar-refractivity contribution in [2.24, 2.45) is 0 Å². The Morgan fingerprint density at radius 1 is 0.619 bits per heavy atom. The van der Waals surface area contributed by atoms with Gasteiger partial charge in [0.2, 0.25) is 11.8 Å². The van der Waals surface area contributed by atoms with Crippen molar-refractivity contribution in [1.82, 2.24) is 50.8 Å². The van der Waals surface area contributed by atoms with E-state index in [0.717, 1.165) is 32.9 Å². The number of morpholine rings is 2. The quantitative estimate of drug-likeness (QED) is 0.0672. The third-order valence-corrected chi connectivity index (χ3v) is 14.7. The summed E-state index contributed by atoms with van der Waals surface area (Å²) in [4.78, 5) is 60.2. The lowest BCUT2D eigenvalue weighted by Crippen LogP contribution is -2.41. The van der Waals surface area contributed by atoms with Crippen LogP contribution in [0.3, 0.4) is 0 Å². The number of hydrogen-bond acceptors (Lipinski definition) is 18. The Kier molecular flexibility index (Phi) is 19.5. The van der Waals surface area contributed by atoms with Gasteiger partial charge in [-0.1, -0.05) is 29.3 Å². The van der Waals surface area contributed by atoms with Crippen LogP contribution in [0.4, 0.5) is 11.6 Å². The fourth-order valence-electron chi connectivity index (χ4n) is 8.51. The molecule has 3 aliphatic rings. The summed E-state index contributed by atoms with van der Waals surface area (Å²) in [5.41, 5.74) is 15.6. The summed E-state index contributed by atoms with van der Waals surface area (Å²) in [6.45, 7) is 13.0. The van der Waals surface area contributed by atoms with E-state index >= 15 is 0 Å². The van der Waals surface area contributed by atoms with Crippen LogP contribution < -0.4 is 27.6 Å². The van der Waals surface area contributed by atoms with Gasteiger partial charge in [0.05, 0.1) is 66.5 Å². The topological polar surface area (TPSA) is 291 Å². The van der Waals surface area contributed by atoms with Gasteiger partial charge in [0, 0.05) is 67.1 Å². The Labute approximate surface area is 501 Å². The number of fused-ring (bicyclic) bond motifs is 2. The summed E-state index contributed by atoms with van der Waals surface area (Å²) >= 11 is 16.1. The predicted octanol–water partition coefficient (Wildman–Crippen LogP) is 7.73. The minimum Gasteiger partial charge on any atom is -0.458 e. The highest BCUT2D eigenvalue weighted by Crippen LogP contribution is 2.38. The van der Waals surface area contributed by atoms with E-state index in [4.69, 9.17) is 62.3 Å². The highest BCUT2D eigenvalue weighted by molar-refractivity contribution is 9.10. The van der Waals surface area contributed by atoms with Gasteiger partial charge in [-0.2, -0.15) is 0 Å². The number of aromatic nitrogens is 6. The number of carbonyl (C=O) groups is 4. The number of furan rings is 2. The standard InChI is InChI=1S/C26H23ClN6O4.C23H25BClN3O4.C9H10BrN3O2/c27-20-13-17(21-3-4-22(32-31-21)26(35)33-7-9-36-10-8-33)11-18-12-19(37-25(18)20)15-30-24(34)6-2-16-1-5-23(28)29-14-16;1-22(2)23(3,4)32-24(31-22)16-9-15-10-17(30-21(15)18(25)11-16)13-28-20(29)8-6-14-5-7-19(26)27-12-14;10-8-2-1-7(11-12-8)9(14)13-3-5-15-6-4-13/h1-6,11-14H,7-10,15H2,(H2,28,29)(H,30,34);5-12H,13H2,1-4H3,(H2,26,27)(H,28,29);1-2H,3-6H2/b6-2+;8-6+;. The first-order valence-electron chi connectivity index (χ1n) is 26.5. The van der Waals surface area contributed by atoms with Crippen molar-refractivity contribution in [1.29, 1.82) is 0 Å². The van der Waals surface area contributed by atoms with Crippen LogP contribution in [-0.4, -0.2) is 135 Å². The molecule has 0 saturated carbocycles. The van der Waals surface area contributed by atoms with Gasteiger partial charge in [-0.05, 0) is 151 Å². The number of halogens is 3. The number of nitrogens with zero attached hydrogens (tertiary/aromatic N) is 8. The summed E-state index contributed by atoms with van der Waals surface area (Å²) in [6, 6.07) is 24.6. The molecule has 22 nitrogen and oxygen atoms in total. The van der Waals surface area contributed by atoms with Gasteiger partial charge in [0.15, 0.2) is 22.6 Å². The molecule has 2 aromatic carbocycles. The summed E-state index contributed by atoms with van der Waals surface area (Å²) in [6.07, 6.45) is 9.32. The third-order valence-electron chi connectivity index (χ3n) is 13.8. The Balaban J connectivity index is 0.000000164. The Morgan fingerprint density at radius 2 is 1.10 bits per heavy atom. The van der Waals surface area contributed by atoms with E-state index in [-0.39, 0.29) is 42.4 Å². The van der Waals surface area contributed by atoms with Crippen LogP contribution in [0.2, 0.25) is 10.0 Å². The van der Waals surface area contributed by atoms with Crippen molar-refractivity contribution in [3.8, 4) is 11.3 Å². The lowest BCUT2D eigenvalue weighted by molar-refractivity contribution is -0.117. The van der Waals surface area contributed by atoms with Gasteiger partial charge in [-0.3, -0.25) is 19.2 Å². The number of nitrogen functional groups attached to an aromatic ring is 2. The number of nitrogens with one attached hydrogen (secondary N) is 2. The zero-order valence-electron chi connectivity index (χ0n) is 46.1. The van der Waals surface area contributed by atoms with Crippen LogP contribution in [0.15, 0.2) is 123 Å². The largest absolute Gasteiger partial charge is 0.494 e. The molecule has 434 valence electrons. The molecule has 3 aliphatic heterocycles. The number of anilines is 2. The summed E-state index contributed by atoms with van der Waals surface area (Å²) in [5, 5.41) is 24.0. The molecule has 8 aromatic rings. The highest BCUT2D eigenvalue weighted by Gasteiger charge is 2.52. The van der Waals surface area contributed by atoms with Gasteiger partial charge in [0.1, 0.15) is 27.8 Å². The third kappa shape index (κ3) is 15.6. The second-order valence-corrected chi connectivity index (χ2v) is 21.9. The normalized spacial score (nSPS) is 15.6. The van der Waals surface area contributed by atoms with Crippen molar-refractivity contribution >= 4 is 121 Å². The van der Waals surface area contributed by atoms with Crippen LogP contribution in [-0.2, 0) is 41.5 Å². The molecule has 26 heteroatoms. The smallest absolute Gasteiger partial charge is 0.458 e. The molecule has 0 aliphatic carbocycles. The Morgan fingerprint density at radius 3 is 1.55 bits per heavy atom. The van der Waals surface area contributed by atoms with Gasteiger partial charge < -0.3 is 59.5 Å². The van der Waals surface area contributed by atoms with Crippen LogP contribution in [0, 0.1) is 0 Å². The second kappa shape index (κ2) is 27.1. The van der Waals surface area contributed by atoms with E-state index in [2.05, 4.69) is 56.9 Å². The van der Waals surface area contributed by atoms with E-state index in [1.54, 1.807) is 95.0 Å². The van der Waals surface area contributed by atoms with Gasteiger partial charge in [-0.15, -0.1) is 20.4 Å². The van der Waals surface area contributed by atoms with Crippen molar-refractivity contribution in [2.75, 3.05) is 64.1 Å². The lowest BCUT2D eigenvalue weighted by atomic mass is 9.78. The maximum absolute atomic E-state index is 12.6. The number of rotatable bonds is 12. The number of nitrogens with two attached hydrogens (primary N) is 2. The van der Waals surface area contributed by atoms with Gasteiger partial charge in [-0.25, -0.2) is 9.97 Å². The number of carbonyl (C=O) groups excluding carboxylic acids is 4. The van der Waals surface area contributed by atoms with Crippen LogP contribution in [0.5, 0.6) is 0 Å². The van der Waals surface area contributed by atoms with E-state index in [0.29, 0.717) is 113 Å². The highest BCUT2D eigenvalue weighted by atomic mass is 79.9. The molecule has 3 fully saturated rings. The summed E-state index contributed by atoms with van der Waals surface area (Å²) in [5.74, 6) is 1.17. The monoisotopic (exact) mass is 1240 g/mol. The van der Waals surface area contributed by atoms with Crippen molar-refractivity contribution in [3.63, 3.8) is 0 Å². The van der Waals surface area contributed by atoms with Gasteiger partial charge in [0.25, 0.3) is 11.8 Å². The van der Waals surface area contributed by atoms with E-state index in [1.165, 1.54) is 12.2 Å². The number of amides is 4. The number of benzene rings is 2. The van der Waals surface area contributed by atoms with E-state index in [1.807, 2.05) is 52.0 Å². The molecule has 11 rings (SSSR count). The molecule has 84 heavy (non-hydrogen) atoms. The number of hydrogen-bond donors (Lipinski definition) is 4. The predicted molar refractivity (Wildman–Crippen MR) is 321 cm³/mol. The first-order valence-corrected chi connectivity index (χ1v) is 28.0. The van der Waals surface area contributed by atoms with Crippen molar-refractivity contribution in [2.45, 2.75) is 52.0 Å². The minimum atomic E-state index is -0.520. The zero-order chi connectivity index (χ0) is 59.5. The van der Waals surface area contributed by atoms with Crippen LogP contribution in [0.1, 0.15) is 71.3 Å². The maximum Gasteiger partial charge on any atom is 0.494 e. The Hall–Kier alpha value is -8.10. The lowest BCUT2D eigenvalue weighted by Gasteiger charge is -2.32. The maximum atomic E-state index is 12.6. The average Bonchev–Trinajstić information content (AvgIpc) is 3.32. The van der Waals surface area contributed by atoms with E-state index < -0.39 is 18.3 Å². The van der Waals surface area contributed by atoms with Crippen LogP contribution in [0.25, 0.3) is 45.3 Å². The van der Waals surface area contributed by atoms with E-state index in [9.17, 15) is 19.2 Å². The summed E-state index contributed by atoms with van der Waals surface area (Å²) in [7, 11) is -0.520. The zero-order valence-corrected chi connectivity index (χ0v) is 49.2. The molecule has 6 aromatic heterocycles. The molecule has 6 N–H and O–H groups in total.